The van der Waals surface area contributed by atoms with Crippen LogP contribution in [0.15, 0.2) is 27.4 Å². The van der Waals surface area contributed by atoms with Crippen LogP contribution in [0.5, 0.6) is 0 Å². The summed E-state index contributed by atoms with van der Waals surface area (Å²) >= 11 is 1.94. The number of aromatic nitrogens is 4. The lowest BCUT2D eigenvalue weighted by Crippen LogP contribution is -2.34. The summed E-state index contributed by atoms with van der Waals surface area (Å²) in [6.07, 6.45) is 1.65. The predicted octanol–water partition coefficient (Wildman–Crippen LogP) is 1.77. The number of nitrogens with one attached hydrogen (secondary N) is 1. The Morgan fingerprint density at radius 1 is 1.18 bits per heavy atom. The van der Waals surface area contributed by atoms with E-state index in [1.807, 2.05) is 23.9 Å². The molecule has 3 aromatic heterocycles. The standard InChI is InChI=1S/C13H14N6O2S/c1-2-9(20-5-1)8-14-12-13(19-3-6-22-7-4-19)16-11-10(15-12)17-21-18-11/h1-2,5H,3-4,6-8H2,(H,14,15,17). The Kier molecular flexibility index (Phi) is 3.55. The third-order valence-corrected chi connectivity index (χ3v) is 4.36. The van der Waals surface area contributed by atoms with Gasteiger partial charge in [0, 0.05) is 24.6 Å². The highest BCUT2D eigenvalue weighted by atomic mass is 32.2. The molecule has 114 valence electrons. The van der Waals surface area contributed by atoms with Crippen molar-refractivity contribution in [3.63, 3.8) is 0 Å². The van der Waals surface area contributed by atoms with Gasteiger partial charge in [0.2, 0.25) is 11.3 Å². The van der Waals surface area contributed by atoms with Gasteiger partial charge in [0.05, 0.1) is 12.8 Å². The molecule has 3 aromatic rings. The molecule has 1 aliphatic rings. The molecule has 1 aliphatic heterocycles. The van der Waals surface area contributed by atoms with E-state index < -0.39 is 0 Å². The summed E-state index contributed by atoms with van der Waals surface area (Å²) < 4.78 is 10.1. The molecule has 0 bridgehead atoms. The van der Waals surface area contributed by atoms with Gasteiger partial charge in [-0.2, -0.15) is 11.8 Å². The van der Waals surface area contributed by atoms with Crippen molar-refractivity contribution in [2.24, 2.45) is 0 Å². The third kappa shape index (κ3) is 2.59. The Bertz CT molecular complexity index is 753. The van der Waals surface area contributed by atoms with E-state index in [0.717, 1.165) is 36.2 Å². The zero-order chi connectivity index (χ0) is 14.8. The lowest BCUT2D eigenvalue weighted by molar-refractivity contribution is 0.314. The van der Waals surface area contributed by atoms with Crippen molar-refractivity contribution in [1.29, 1.82) is 0 Å². The Morgan fingerprint density at radius 3 is 2.77 bits per heavy atom. The smallest absolute Gasteiger partial charge is 0.245 e. The minimum atomic E-state index is 0.400. The van der Waals surface area contributed by atoms with Gasteiger partial charge in [0.15, 0.2) is 11.6 Å². The van der Waals surface area contributed by atoms with Crippen LogP contribution in [0.4, 0.5) is 11.6 Å². The molecule has 0 aliphatic carbocycles. The Labute approximate surface area is 130 Å². The molecule has 1 N–H and O–H groups in total. The van der Waals surface area contributed by atoms with Crippen molar-refractivity contribution in [3.05, 3.63) is 24.2 Å². The van der Waals surface area contributed by atoms with E-state index in [0.29, 0.717) is 23.7 Å². The number of fused-ring (bicyclic) bond motifs is 1. The predicted molar refractivity (Wildman–Crippen MR) is 83.0 cm³/mol. The monoisotopic (exact) mass is 318 g/mol. The second kappa shape index (κ2) is 5.84. The fraction of sp³-hybridized carbons (Fsp3) is 0.385. The summed E-state index contributed by atoms with van der Waals surface area (Å²) in [6, 6.07) is 3.77. The van der Waals surface area contributed by atoms with E-state index in [-0.39, 0.29) is 0 Å². The maximum Gasteiger partial charge on any atom is 0.245 e. The summed E-state index contributed by atoms with van der Waals surface area (Å²) in [4.78, 5) is 11.2. The highest BCUT2D eigenvalue weighted by Crippen LogP contribution is 2.26. The van der Waals surface area contributed by atoms with E-state index in [9.17, 15) is 0 Å². The highest BCUT2D eigenvalue weighted by molar-refractivity contribution is 7.99. The topological polar surface area (TPSA) is 93.1 Å². The maximum atomic E-state index is 5.34. The van der Waals surface area contributed by atoms with Crippen molar-refractivity contribution in [3.8, 4) is 0 Å². The average Bonchev–Trinajstić information content (AvgIpc) is 3.24. The van der Waals surface area contributed by atoms with Gasteiger partial charge in [0.1, 0.15) is 5.76 Å². The fourth-order valence-corrected chi connectivity index (χ4v) is 3.23. The first kappa shape index (κ1) is 13.4. The summed E-state index contributed by atoms with van der Waals surface area (Å²) in [5.74, 6) is 4.45. The average molecular weight is 318 g/mol. The number of anilines is 2. The second-order valence-electron chi connectivity index (χ2n) is 4.84. The molecule has 0 atom stereocenters. The number of thioether (sulfide) groups is 1. The summed E-state index contributed by atoms with van der Waals surface area (Å²) in [6.45, 7) is 2.41. The first-order valence-corrected chi connectivity index (χ1v) is 8.15. The molecule has 1 fully saturated rings. The number of furan rings is 1. The molecule has 22 heavy (non-hydrogen) atoms. The fourth-order valence-electron chi connectivity index (χ4n) is 2.33. The van der Waals surface area contributed by atoms with Gasteiger partial charge >= 0.3 is 0 Å². The van der Waals surface area contributed by atoms with Crippen molar-refractivity contribution in [1.82, 2.24) is 20.3 Å². The number of nitrogens with zero attached hydrogens (tertiary/aromatic N) is 5. The molecule has 1 saturated heterocycles. The van der Waals surface area contributed by atoms with Crippen LogP contribution in [0.25, 0.3) is 11.3 Å². The van der Waals surface area contributed by atoms with E-state index in [1.165, 1.54) is 0 Å². The largest absolute Gasteiger partial charge is 0.467 e. The van der Waals surface area contributed by atoms with Crippen LogP contribution in [0, 0.1) is 0 Å². The molecular weight excluding hydrogens is 304 g/mol. The Morgan fingerprint density at radius 2 is 2.00 bits per heavy atom. The minimum absolute atomic E-state index is 0.400. The van der Waals surface area contributed by atoms with Crippen molar-refractivity contribution in [2.75, 3.05) is 34.8 Å². The molecule has 0 aromatic carbocycles. The molecule has 0 radical (unpaired) electrons. The van der Waals surface area contributed by atoms with Crippen LogP contribution >= 0.6 is 11.8 Å². The van der Waals surface area contributed by atoms with Crippen LogP contribution in [-0.4, -0.2) is 44.9 Å². The van der Waals surface area contributed by atoms with E-state index in [4.69, 9.17) is 9.05 Å². The number of hydrogen-bond acceptors (Lipinski definition) is 9. The van der Waals surface area contributed by atoms with Crippen molar-refractivity contribution in [2.45, 2.75) is 6.54 Å². The third-order valence-electron chi connectivity index (χ3n) is 3.42. The molecule has 0 unspecified atom stereocenters. The Hall–Kier alpha value is -2.29. The molecule has 0 spiro atoms. The molecule has 4 heterocycles. The normalized spacial score (nSPS) is 15.4. The summed E-state index contributed by atoms with van der Waals surface area (Å²) in [7, 11) is 0. The van der Waals surface area contributed by atoms with Crippen LogP contribution in [0.2, 0.25) is 0 Å². The quantitative estimate of drug-likeness (QED) is 0.772. The lowest BCUT2D eigenvalue weighted by Gasteiger charge is -2.28. The molecule has 0 saturated carbocycles. The highest BCUT2D eigenvalue weighted by Gasteiger charge is 2.20. The molecule has 9 heteroatoms. The first-order chi connectivity index (χ1) is 10.9. The SMILES string of the molecule is c1coc(CNc2nc3nonc3nc2N2CCSCC2)c1. The summed E-state index contributed by atoms with van der Waals surface area (Å²) in [5.41, 5.74) is 0.828. The van der Waals surface area contributed by atoms with Gasteiger partial charge in [-0.3, -0.25) is 0 Å². The number of hydrogen-bond donors (Lipinski definition) is 1. The van der Waals surface area contributed by atoms with Crippen LogP contribution < -0.4 is 10.2 Å². The van der Waals surface area contributed by atoms with Gasteiger partial charge in [-0.25, -0.2) is 14.6 Å². The van der Waals surface area contributed by atoms with Gasteiger partial charge in [-0.05, 0) is 22.4 Å². The maximum absolute atomic E-state index is 5.34. The molecule has 0 amide bonds. The van der Waals surface area contributed by atoms with Crippen molar-refractivity contribution < 1.29 is 9.05 Å². The van der Waals surface area contributed by atoms with Crippen LogP contribution in [-0.2, 0) is 6.54 Å². The lowest BCUT2D eigenvalue weighted by atomic mass is 10.4. The van der Waals surface area contributed by atoms with E-state index in [1.54, 1.807) is 6.26 Å². The van der Waals surface area contributed by atoms with Crippen molar-refractivity contribution >= 4 is 34.7 Å². The first-order valence-electron chi connectivity index (χ1n) is 6.99. The number of rotatable bonds is 4. The minimum Gasteiger partial charge on any atom is -0.467 e. The summed E-state index contributed by atoms with van der Waals surface area (Å²) in [5, 5.41) is 10.8. The molecule has 8 nitrogen and oxygen atoms in total. The van der Waals surface area contributed by atoms with E-state index >= 15 is 0 Å². The van der Waals surface area contributed by atoms with Gasteiger partial charge in [-0.15, -0.1) is 0 Å². The van der Waals surface area contributed by atoms with Gasteiger partial charge in [-0.1, -0.05) is 0 Å². The van der Waals surface area contributed by atoms with E-state index in [2.05, 4.69) is 30.5 Å². The van der Waals surface area contributed by atoms with Crippen LogP contribution in [0.3, 0.4) is 0 Å². The molecular formula is C13H14N6O2S. The van der Waals surface area contributed by atoms with Gasteiger partial charge in [0.25, 0.3) is 0 Å². The Balaban J connectivity index is 1.66. The zero-order valence-corrected chi connectivity index (χ0v) is 12.5. The van der Waals surface area contributed by atoms with Crippen LogP contribution in [0.1, 0.15) is 5.76 Å². The zero-order valence-electron chi connectivity index (χ0n) is 11.7. The molecule has 4 rings (SSSR count). The van der Waals surface area contributed by atoms with Gasteiger partial charge < -0.3 is 14.6 Å². The second-order valence-corrected chi connectivity index (χ2v) is 6.06.